The lowest BCUT2D eigenvalue weighted by Crippen LogP contribution is -2.16. The molecule has 116 valence electrons. The van der Waals surface area contributed by atoms with E-state index >= 15 is 0 Å². The van der Waals surface area contributed by atoms with Gasteiger partial charge in [0.15, 0.2) is 0 Å². The molecule has 21 heavy (non-hydrogen) atoms. The Kier molecular flexibility index (Phi) is 5.83. The maximum absolute atomic E-state index is 5.54. The molecule has 3 heteroatoms. The van der Waals surface area contributed by atoms with Gasteiger partial charge in [-0.25, -0.2) is 0 Å². The Balaban J connectivity index is 2.20. The third kappa shape index (κ3) is 3.86. The lowest BCUT2D eigenvalue weighted by atomic mass is 10.1. The van der Waals surface area contributed by atoms with Crippen molar-refractivity contribution >= 4 is 10.9 Å². The Hall–Kier alpha value is -1.32. The van der Waals surface area contributed by atoms with E-state index in [-0.39, 0.29) is 0 Å². The molecule has 0 aliphatic heterocycles. The summed E-state index contributed by atoms with van der Waals surface area (Å²) in [5.74, 6) is 0.657. The van der Waals surface area contributed by atoms with Crippen LogP contribution >= 0.6 is 0 Å². The van der Waals surface area contributed by atoms with E-state index in [2.05, 4.69) is 54.9 Å². The first-order valence-electron chi connectivity index (χ1n) is 8.12. The largest absolute Gasteiger partial charge is 0.344 e. The summed E-state index contributed by atoms with van der Waals surface area (Å²) in [5, 5.41) is 4.96. The van der Waals surface area contributed by atoms with Crippen LogP contribution in [0.2, 0.25) is 0 Å². The number of nitrogens with zero attached hydrogens (tertiary/aromatic N) is 1. The van der Waals surface area contributed by atoms with Crippen LogP contribution in [-0.2, 0) is 13.1 Å². The van der Waals surface area contributed by atoms with E-state index in [0.29, 0.717) is 5.92 Å². The average molecular weight is 287 g/mol. The van der Waals surface area contributed by atoms with Crippen LogP contribution in [0.25, 0.3) is 10.9 Å². The van der Waals surface area contributed by atoms with Gasteiger partial charge in [-0.3, -0.25) is 0 Å². The quantitative estimate of drug-likeness (QED) is 0.730. The van der Waals surface area contributed by atoms with Crippen molar-refractivity contribution in [2.75, 3.05) is 13.1 Å². The van der Waals surface area contributed by atoms with Crippen LogP contribution in [0.1, 0.15) is 37.9 Å². The molecule has 0 aliphatic rings. The minimum absolute atomic E-state index is 0.657. The van der Waals surface area contributed by atoms with Crippen molar-refractivity contribution in [2.24, 2.45) is 11.7 Å². The summed E-state index contributed by atoms with van der Waals surface area (Å²) in [4.78, 5) is 0. The highest BCUT2D eigenvalue weighted by Gasteiger charge is 2.13. The van der Waals surface area contributed by atoms with Crippen molar-refractivity contribution in [2.45, 2.75) is 46.7 Å². The van der Waals surface area contributed by atoms with Crippen LogP contribution in [0, 0.1) is 12.8 Å². The predicted molar refractivity (Wildman–Crippen MR) is 91.5 cm³/mol. The van der Waals surface area contributed by atoms with Crippen LogP contribution in [-0.4, -0.2) is 17.7 Å². The Morgan fingerprint density at radius 2 is 1.95 bits per heavy atom. The lowest BCUT2D eigenvalue weighted by molar-refractivity contribution is 0.525. The van der Waals surface area contributed by atoms with Gasteiger partial charge in [-0.1, -0.05) is 32.0 Å². The minimum Gasteiger partial charge on any atom is -0.344 e. The Morgan fingerprint density at radius 1 is 1.19 bits per heavy atom. The first kappa shape index (κ1) is 16.1. The number of benzene rings is 1. The van der Waals surface area contributed by atoms with Gasteiger partial charge < -0.3 is 15.6 Å². The molecule has 0 bridgehead atoms. The molecule has 0 unspecified atom stereocenters. The van der Waals surface area contributed by atoms with Gasteiger partial charge in [0.1, 0.15) is 0 Å². The maximum atomic E-state index is 5.54. The van der Waals surface area contributed by atoms with Gasteiger partial charge in [-0.15, -0.1) is 0 Å². The van der Waals surface area contributed by atoms with Crippen molar-refractivity contribution in [3.05, 3.63) is 35.5 Å². The zero-order valence-corrected chi connectivity index (χ0v) is 13.7. The molecule has 0 atom stereocenters. The third-order valence-electron chi connectivity index (χ3n) is 4.02. The number of para-hydroxylation sites is 1. The van der Waals surface area contributed by atoms with E-state index in [4.69, 9.17) is 5.73 Å². The van der Waals surface area contributed by atoms with Crippen molar-refractivity contribution in [1.29, 1.82) is 0 Å². The first-order chi connectivity index (χ1) is 10.1. The number of unbranched alkanes of at least 4 members (excludes halogenated alkanes) is 1. The Morgan fingerprint density at radius 3 is 2.67 bits per heavy atom. The van der Waals surface area contributed by atoms with Crippen LogP contribution in [0.3, 0.4) is 0 Å². The van der Waals surface area contributed by atoms with Crippen LogP contribution in [0.4, 0.5) is 0 Å². The van der Waals surface area contributed by atoms with Crippen molar-refractivity contribution in [3.63, 3.8) is 0 Å². The number of hydrogen-bond donors (Lipinski definition) is 2. The molecular weight excluding hydrogens is 258 g/mol. The summed E-state index contributed by atoms with van der Waals surface area (Å²) in [6, 6.07) is 8.76. The number of hydrogen-bond acceptors (Lipinski definition) is 2. The molecule has 0 spiro atoms. The standard InChI is InChI=1S/C18H29N3/c1-14(2)13-21-15(3)17(12-20-11-7-6-10-19)16-8-4-5-9-18(16)21/h4-5,8-9,14,20H,6-7,10-13,19H2,1-3H3. The Labute approximate surface area is 128 Å². The summed E-state index contributed by atoms with van der Waals surface area (Å²) in [6.45, 7) is 10.7. The van der Waals surface area contributed by atoms with Gasteiger partial charge in [-0.2, -0.15) is 0 Å². The second kappa shape index (κ2) is 7.62. The number of fused-ring (bicyclic) bond motifs is 1. The van der Waals surface area contributed by atoms with Gasteiger partial charge in [-0.05, 0) is 50.4 Å². The molecule has 1 aromatic heterocycles. The average Bonchev–Trinajstić information content (AvgIpc) is 2.72. The summed E-state index contributed by atoms with van der Waals surface area (Å²) < 4.78 is 2.47. The lowest BCUT2D eigenvalue weighted by Gasteiger charge is -2.11. The predicted octanol–water partition coefficient (Wildman–Crippen LogP) is 3.43. The second-order valence-electron chi connectivity index (χ2n) is 6.26. The Bertz CT molecular complexity index is 569. The molecule has 1 aromatic carbocycles. The van der Waals surface area contributed by atoms with Crippen molar-refractivity contribution in [3.8, 4) is 0 Å². The molecule has 0 radical (unpaired) electrons. The second-order valence-corrected chi connectivity index (χ2v) is 6.26. The van der Waals surface area contributed by atoms with E-state index in [0.717, 1.165) is 39.0 Å². The molecule has 2 rings (SSSR count). The van der Waals surface area contributed by atoms with Crippen LogP contribution in [0.15, 0.2) is 24.3 Å². The van der Waals surface area contributed by atoms with Crippen LogP contribution < -0.4 is 11.1 Å². The molecule has 0 amide bonds. The number of aromatic nitrogens is 1. The van der Waals surface area contributed by atoms with Gasteiger partial charge in [0.2, 0.25) is 0 Å². The smallest absolute Gasteiger partial charge is 0.0485 e. The summed E-state index contributed by atoms with van der Waals surface area (Å²) in [7, 11) is 0. The first-order valence-corrected chi connectivity index (χ1v) is 8.12. The molecular formula is C18H29N3. The molecule has 0 aliphatic carbocycles. The van der Waals surface area contributed by atoms with E-state index in [1.165, 1.54) is 22.2 Å². The fourth-order valence-electron chi connectivity index (χ4n) is 2.93. The molecule has 0 saturated heterocycles. The summed E-state index contributed by atoms with van der Waals surface area (Å²) >= 11 is 0. The molecule has 1 heterocycles. The topological polar surface area (TPSA) is 43.0 Å². The highest BCUT2D eigenvalue weighted by Crippen LogP contribution is 2.26. The highest BCUT2D eigenvalue weighted by atomic mass is 15.0. The normalized spacial score (nSPS) is 11.7. The molecule has 2 aromatic rings. The zero-order chi connectivity index (χ0) is 15.2. The van der Waals surface area contributed by atoms with E-state index < -0.39 is 0 Å². The molecule has 0 fully saturated rings. The fourth-order valence-corrected chi connectivity index (χ4v) is 2.93. The SMILES string of the molecule is Cc1c(CNCCCCN)c2ccccc2n1CC(C)C. The summed E-state index contributed by atoms with van der Waals surface area (Å²) in [6.07, 6.45) is 2.25. The van der Waals surface area contributed by atoms with E-state index in [1.807, 2.05) is 0 Å². The fraction of sp³-hybridized carbons (Fsp3) is 0.556. The number of nitrogens with one attached hydrogen (secondary N) is 1. The zero-order valence-electron chi connectivity index (χ0n) is 13.7. The van der Waals surface area contributed by atoms with Gasteiger partial charge in [0, 0.05) is 29.7 Å². The number of rotatable bonds is 8. The number of nitrogens with two attached hydrogens (primary N) is 1. The van der Waals surface area contributed by atoms with Gasteiger partial charge in [0.05, 0.1) is 0 Å². The molecule has 0 saturated carbocycles. The maximum Gasteiger partial charge on any atom is 0.0485 e. The van der Waals surface area contributed by atoms with E-state index in [1.54, 1.807) is 0 Å². The van der Waals surface area contributed by atoms with Crippen LogP contribution in [0.5, 0.6) is 0 Å². The van der Waals surface area contributed by atoms with Gasteiger partial charge >= 0.3 is 0 Å². The van der Waals surface area contributed by atoms with E-state index in [9.17, 15) is 0 Å². The minimum atomic E-state index is 0.657. The molecule has 3 N–H and O–H groups in total. The van der Waals surface area contributed by atoms with Crippen molar-refractivity contribution in [1.82, 2.24) is 9.88 Å². The third-order valence-corrected chi connectivity index (χ3v) is 4.02. The van der Waals surface area contributed by atoms with Crippen molar-refractivity contribution < 1.29 is 0 Å². The monoisotopic (exact) mass is 287 g/mol. The summed E-state index contributed by atoms with van der Waals surface area (Å²) in [5.41, 5.74) is 9.75. The van der Waals surface area contributed by atoms with Gasteiger partial charge in [0.25, 0.3) is 0 Å². The highest BCUT2D eigenvalue weighted by molar-refractivity contribution is 5.85. The molecule has 3 nitrogen and oxygen atoms in total.